The molecule has 0 saturated carbocycles. The number of rotatable bonds is 6. The molecule has 1 unspecified atom stereocenters. The van der Waals surface area contributed by atoms with Gasteiger partial charge in [0.05, 0.1) is 30.2 Å². The van der Waals surface area contributed by atoms with Crippen LogP contribution in [-0.2, 0) is 4.79 Å². The van der Waals surface area contributed by atoms with Crippen LogP contribution >= 0.6 is 0 Å². The normalized spacial score (nSPS) is 11.8. The summed E-state index contributed by atoms with van der Waals surface area (Å²) in [4.78, 5) is 16.9. The number of aromatic nitrogens is 5. The van der Waals surface area contributed by atoms with Crippen LogP contribution in [0.4, 0.5) is 5.69 Å². The monoisotopic (exact) mass is 390 g/mol. The molecule has 1 atom stereocenters. The van der Waals surface area contributed by atoms with E-state index in [-0.39, 0.29) is 5.91 Å². The van der Waals surface area contributed by atoms with Crippen molar-refractivity contribution in [1.29, 1.82) is 0 Å². The van der Waals surface area contributed by atoms with Crippen LogP contribution in [-0.4, -0.2) is 44.3 Å². The Labute approximate surface area is 166 Å². The van der Waals surface area contributed by atoms with Crippen molar-refractivity contribution in [3.05, 3.63) is 61.1 Å². The lowest BCUT2D eigenvalue weighted by Crippen LogP contribution is -2.30. The van der Waals surface area contributed by atoms with Crippen LogP contribution in [0.3, 0.4) is 0 Å². The van der Waals surface area contributed by atoms with Crippen molar-refractivity contribution in [2.75, 3.05) is 12.4 Å². The quantitative estimate of drug-likeness (QED) is 0.540. The van der Waals surface area contributed by atoms with Crippen LogP contribution in [0.5, 0.6) is 11.5 Å². The zero-order valence-electron chi connectivity index (χ0n) is 15.8. The van der Waals surface area contributed by atoms with Gasteiger partial charge >= 0.3 is 0 Å². The molecular formula is C20H18N6O3. The molecule has 29 heavy (non-hydrogen) atoms. The second-order valence-electron chi connectivity index (χ2n) is 6.28. The number of hydrogen-bond acceptors (Lipinski definition) is 7. The molecule has 4 aromatic rings. The maximum absolute atomic E-state index is 12.5. The second kappa shape index (κ2) is 7.93. The van der Waals surface area contributed by atoms with Gasteiger partial charge < -0.3 is 14.8 Å². The molecule has 0 saturated heterocycles. The van der Waals surface area contributed by atoms with E-state index in [0.29, 0.717) is 11.4 Å². The highest BCUT2D eigenvalue weighted by molar-refractivity contribution is 5.95. The number of methoxy groups -OCH3 is 1. The molecule has 2 heterocycles. The molecular weight excluding hydrogens is 372 g/mol. The van der Waals surface area contributed by atoms with E-state index in [2.05, 4.69) is 25.8 Å². The van der Waals surface area contributed by atoms with Gasteiger partial charge in [-0.05, 0) is 59.8 Å². The molecule has 0 fully saturated rings. The highest BCUT2D eigenvalue weighted by atomic mass is 16.5. The first-order chi connectivity index (χ1) is 14.1. The van der Waals surface area contributed by atoms with E-state index in [4.69, 9.17) is 9.47 Å². The van der Waals surface area contributed by atoms with E-state index in [0.717, 1.165) is 22.3 Å². The van der Waals surface area contributed by atoms with Crippen molar-refractivity contribution in [1.82, 2.24) is 25.2 Å². The minimum Gasteiger partial charge on any atom is -0.497 e. The van der Waals surface area contributed by atoms with Gasteiger partial charge in [0.25, 0.3) is 5.91 Å². The van der Waals surface area contributed by atoms with Gasteiger partial charge in [0.15, 0.2) is 6.10 Å². The third kappa shape index (κ3) is 4.13. The first-order valence-corrected chi connectivity index (χ1v) is 8.87. The minimum absolute atomic E-state index is 0.274. The number of anilines is 1. The minimum atomic E-state index is -0.694. The Morgan fingerprint density at radius 3 is 2.62 bits per heavy atom. The Hall–Kier alpha value is -4.01. The van der Waals surface area contributed by atoms with Gasteiger partial charge in [0.2, 0.25) is 0 Å². The van der Waals surface area contributed by atoms with Gasteiger partial charge in [-0.25, -0.2) is 4.68 Å². The fourth-order valence-corrected chi connectivity index (χ4v) is 2.76. The number of benzene rings is 2. The number of carbonyl (C=O) groups excluding carboxylic acids is 1. The molecule has 0 radical (unpaired) electrons. The van der Waals surface area contributed by atoms with E-state index >= 15 is 0 Å². The Balaban J connectivity index is 1.41. The lowest BCUT2D eigenvalue weighted by Gasteiger charge is -2.15. The number of carbonyl (C=O) groups is 1. The largest absolute Gasteiger partial charge is 0.497 e. The van der Waals surface area contributed by atoms with E-state index in [9.17, 15) is 4.79 Å². The van der Waals surface area contributed by atoms with Crippen LogP contribution in [0.25, 0.3) is 16.6 Å². The number of hydrogen-bond donors (Lipinski definition) is 1. The fourth-order valence-electron chi connectivity index (χ4n) is 2.76. The summed E-state index contributed by atoms with van der Waals surface area (Å²) in [6, 6.07) is 14.6. The SMILES string of the molecule is COc1ccc2cc(NC(=O)C(C)Oc3ccc(-n4cnnn4)cc3)cnc2c1. The maximum atomic E-state index is 12.5. The molecule has 1 N–H and O–H groups in total. The van der Waals surface area contributed by atoms with Crippen molar-refractivity contribution >= 4 is 22.5 Å². The van der Waals surface area contributed by atoms with Crippen LogP contribution in [0.15, 0.2) is 61.1 Å². The van der Waals surface area contributed by atoms with Crippen molar-refractivity contribution < 1.29 is 14.3 Å². The van der Waals surface area contributed by atoms with E-state index in [1.165, 1.54) is 11.0 Å². The zero-order valence-corrected chi connectivity index (χ0v) is 15.8. The first kappa shape index (κ1) is 18.4. The van der Waals surface area contributed by atoms with E-state index in [1.54, 1.807) is 44.5 Å². The van der Waals surface area contributed by atoms with Crippen molar-refractivity contribution in [3.63, 3.8) is 0 Å². The average molecular weight is 390 g/mol. The highest BCUT2D eigenvalue weighted by Crippen LogP contribution is 2.22. The Bertz CT molecular complexity index is 1130. The summed E-state index contributed by atoms with van der Waals surface area (Å²) in [7, 11) is 1.61. The van der Waals surface area contributed by atoms with Crippen LogP contribution in [0.1, 0.15) is 6.92 Å². The van der Waals surface area contributed by atoms with E-state index in [1.807, 2.05) is 24.3 Å². The molecule has 0 aliphatic carbocycles. The molecule has 0 bridgehead atoms. The number of nitrogens with one attached hydrogen (secondary N) is 1. The number of nitrogens with zero attached hydrogens (tertiary/aromatic N) is 5. The van der Waals surface area contributed by atoms with Gasteiger partial charge in [-0.15, -0.1) is 5.10 Å². The van der Waals surface area contributed by atoms with Crippen LogP contribution in [0, 0.1) is 0 Å². The number of ether oxygens (including phenoxy) is 2. The first-order valence-electron chi connectivity index (χ1n) is 8.87. The van der Waals surface area contributed by atoms with Gasteiger partial charge in [-0.2, -0.15) is 0 Å². The predicted octanol–water partition coefficient (Wildman–Crippen LogP) is 2.63. The summed E-state index contributed by atoms with van der Waals surface area (Å²) in [6.07, 6.45) is 2.41. The Kier molecular flexibility index (Phi) is 5.02. The van der Waals surface area contributed by atoms with Crippen molar-refractivity contribution in [2.45, 2.75) is 13.0 Å². The summed E-state index contributed by atoms with van der Waals surface area (Å²) >= 11 is 0. The van der Waals surface area contributed by atoms with Gasteiger partial charge in [-0.1, -0.05) is 0 Å². The second-order valence-corrected chi connectivity index (χ2v) is 6.28. The summed E-state index contributed by atoms with van der Waals surface area (Å²) in [5, 5.41) is 14.7. The standard InChI is InChI=1S/C20H18N6O3/c1-13(29-17-7-4-16(5-8-17)26-12-22-24-25-26)20(27)23-15-9-14-3-6-18(28-2)10-19(14)21-11-15/h3-13H,1-2H3,(H,23,27). The molecule has 4 rings (SSSR count). The summed E-state index contributed by atoms with van der Waals surface area (Å²) in [5.41, 5.74) is 2.17. The molecule has 146 valence electrons. The molecule has 0 aliphatic heterocycles. The fraction of sp³-hybridized carbons (Fsp3) is 0.150. The van der Waals surface area contributed by atoms with Crippen LogP contribution in [0.2, 0.25) is 0 Å². The number of pyridine rings is 1. The molecule has 2 aromatic carbocycles. The van der Waals surface area contributed by atoms with Gasteiger partial charge in [-0.3, -0.25) is 9.78 Å². The summed E-state index contributed by atoms with van der Waals surface area (Å²) in [5.74, 6) is 1.02. The van der Waals surface area contributed by atoms with Crippen LogP contribution < -0.4 is 14.8 Å². The number of fused-ring (bicyclic) bond motifs is 1. The van der Waals surface area contributed by atoms with E-state index < -0.39 is 6.10 Å². The predicted molar refractivity (Wildman–Crippen MR) is 106 cm³/mol. The maximum Gasteiger partial charge on any atom is 0.265 e. The average Bonchev–Trinajstić information content (AvgIpc) is 3.28. The Morgan fingerprint density at radius 1 is 1.10 bits per heavy atom. The zero-order chi connectivity index (χ0) is 20.2. The molecule has 0 aliphatic rings. The lowest BCUT2D eigenvalue weighted by atomic mass is 10.2. The number of tetrazole rings is 1. The highest BCUT2D eigenvalue weighted by Gasteiger charge is 2.15. The third-order valence-electron chi connectivity index (χ3n) is 4.29. The smallest absolute Gasteiger partial charge is 0.265 e. The van der Waals surface area contributed by atoms with Crippen molar-refractivity contribution in [3.8, 4) is 17.2 Å². The molecule has 0 spiro atoms. The van der Waals surface area contributed by atoms with Crippen molar-refractivity contribution in [2.24, 2.45) is 0 Å². The number of amides is 1. The molecule has 2 aromatic heterocycles. The molecule has 9 heteroatoms. The van der Waals surface area contributed by atoms with Gasteiger partial charge in [0.1, 0.15) is 17.8 Å². The topological polar surface area (TPSA) is 104 Å². The lowest BCUT2D eigenvalue weighted by molar-refractivity contribution is -0.122. The third-order valence-corrected chi connectivity index (χ3v) is 4.29. The molecule has 9 nitrogen and oxygen atoms in total. The van der Waals surface area contributed by atoms with Gasteiger partial charge in [0, 0.05) is 11.5 Å². The summed E-state index contributed by atoms with van der Waals surface area (Å²) in [6.45, 7) is 1.68. The molecule has 1 amide bonds. The summed E-state index contributed by atoms with van der Waals surface area (Å²) < 4.78 is 12.5. The Morgan fingerprint density at radius 2 is 1.90 bits per heavy atom.